The summed E-state index contributed by atoms with van der Waals surface area (Å²) in [6.45, 7) is 0. The molecule has 3 fully saturated rings. The van der Waals surface area contributed by atoms with Gasteiger partial charge in [-0.25, -0.2) is 0 Å². The average Bonchev–Trinajstić information content (AvgIpc) is 3.23. The monoisotopic (exact) mass is 500 g/mol. The molecule has 18 heavy (non-hydrogen) atoms. The Bertz CT molecular complexity index is 237. The second kappa shape index (κ2) is 8.30. The molecule has 104 valence electrons. The predicted molar refractivity (Wildman–Crippen MR) is 93.8 cm³/mol. The fourth-order valence-electron chi connectivity index (χ4n) is 1.54. The third-order valence-corrected chi connectivity index (χ3v) is 17.7. The molecule has 0 saturated carbocycles. The first-order valence-corrected chi connectivity index (χ1v) is 16.7. The van der Waals surface area contributed by atoms with E-state index in [2.05, 4.69) is 35.3 Å². The van der Waals surface area contributed by atoms with Gasteiger partial charge in [-0.15, -0.1) is 0 Å². The minimum atomic E-state index is 0.988. The molecule has 0 N–H and O–H groups in total. The van der Waals surface area contributed by atoms with E-state index in [0.29, 0.717) is 0 Å². The van der Waals surface area contributed by atoms with Crippen LogP contribution in [0.25, 0.3) is 0 Å². The van der Waals surface area contributed by atoms with E-state index in [4.69, 9.17) is 0 Å². The van der Waals surface area contributed by atoms with Gasteiger partial charge in [0.1, 0.15) is 0 Å². The maximum absolute atomic E-state index is 2.21. The molecule has 3 aliphatic heterocycles. The summed E-state index contributed by atoms with van der Waals surface area (Å²) in [6, 6.07) is 0. The molecule has 0 aromatic heterocycles. The molecule has 0 nitrogen and oxygen atoms in total. The SMILES string of the molecule is C1SC1C[Se]CC(C[Se]CC1CS1)[Se]CC1CS1. The summed E-state index contributed by atoms with van der Waals surface area (Å²) in [5.74, 6) is 4.46. The second-order valence-electron chi connectivity index (χ2n) is 4.90. The second-order valence-corrected chi connectivity index (χ2v) is 16.2. The van der Waals surface area contributed by atoms with Crippen molar-refractivity contribution < 1.29 is 0 Å². The van der Waals surface area contributed by atoms with Gasteiger partial charge in [-0.3, -0.25) is 0 Å². The van der Waals surface area contributed by atoms with Crippen molar-refractivity contribution in [2.24, 2.45) is 0 Å². The quantitative estimate of drug-likeness (QED) is 0.318. The molecule has 0 amide bonds. The number of hydrogen-bond acceptors (Lipinski definition) is 3. The summed E-state index contributed by atoms with van der Waals surface area (Å²) in [7, 11) is 0. The van der Waals surface area contributed by atoms with E-state index in [1.165, 1.54) is 22.1 Å². The number of thioether (sulfide) groups is 3. The Balaban J connectivity index is 1.28. The summed E-state index contributed by atoms with van der Waals surface area (Å²) in [5.41, 5.74) is 0. The van der Waals surface area contributed by atoms with E-state index in [9.17, 15) is 0 Å². The molecule has 3 aliphatic rings. The topological polar surface area (TPSA) is 0 Å². The average molecular weight is 497 g/mol. The van der Waals surface area contributed by atoms with Crippen LogP contribution in [0.3, 0.4) is 0 Å². The predicted octanol–water partition coefficient (Wildman–Crippen LogP) is 3.33. The van der Waals surface area contributed by atoms with Gasteiger partial charge >= 0.3 is 145 Å². The Hall–Kier alpha value is 2.61. The van der Waals surface area contributed by atoms with E-state index in [-0.39, 0.29) is 0 Å². The summed E-state index contributed by atoms with van der Waals surface area (Å²) < 4.78 is 0. The van der Waals surface area contributed by atoms with Crippen molar-refractivity contribution in [1.29, 1.82) is 0 Å². The van der Waals surface area contributed by atoms with E-state index in [1.54, 1.807) is 26.6 Å². The van der Waals surface area contributed by atoms with Crippen molar-refractivity contribution in [2.45, 2.75) is 47.2 Å². The van der Waals surface area contributed by atoms with Crippen LogP contribution in [-0.4, -0.2) is 77.9 Å². The van der Waals surface area contributed by atoms with Crippen molar-refractivity contribution in [1.82, 2.24) is 0 Å². The van der Waals surface area contributed by atoms with Crippen LogP contribution in [0.2, 0.25) is 31.4 Å². The van der Waals surface area contributed by atoms with Gasteiger partial charge in [-0.2, -0.15) is 0 Å². The minimum absolute atomic E-state index is 0.988. The molecular formula is C12H20S3Se3. The van der Waals surface area contributed by atoms with Gasteiger partial charge in [0.15, 0.2) is 0 Å². The first kappa shape index (κ1) is 15.5. The van der Waals surface area contributed by atoms with Crippen LogP contribution in [0.4, 0.5) is 0 Å². The van der Waals surface area contributed by atoms with Crippen molar-refractivity contribution in [3.8, 4) is 0 Å². The molecule has 3 unspecified atom stereocenters. The maximum atomic E-state index is 2.21. The van der Waals surface area contributed by atoms with Gasteiger partial charge in [0, 0.05) is 0 Å². The third kappa shape index (κ3) is 7.05. The van der Waals surface area contributed by atoms with Gasteiger partial charge in [-0.05, 0) is 0 Å². The van der Waals surface area contributed by atoms with E-state index >= 15 is 0 Å². The Morgan fingerprint density at radius 3 is 1.67 bits per heavy atom. The van der Waals surface area contributed by atoms with Crippen molar-refractivity contribution in [3.05, 3.63) is 0 Å². The van der Waals surface area contributed by atoms with Crippen LogP contribution in [0, 0.1) is 0 Å². The number of rotatable bonds is 11. The molecule has 0 bridgehead atoms. The van der Waals surface area contributed by atoms with Crippen LogP contribution in [0.1, 0.15) is 0 Å². The molecule has 0 radical (unpaired) electrons. The summed E-state index contributed by atoms with van der Waals surface area (Å²) in [5, 5.41) is 11.4. The summed E-state index contributed by atoms with van der Waals surface area (Å²) in [6.07, 6.45) is 0. The molecule has 3 heterocycles. The zero-order valence-corrected chi connectivity index (χ0v) is 18.0. The van der Waals surface area contributed by atoms with Crippen LogP contribution in [0.5, 0.6) is 0 Å². The van der Waals surface area contributed by atoms with Gasteiger partial charge in [-0.1, -0.05) is 0 Å². The first-order valence-electron chi connectivity index (χ1n) is 6.52. The van der Waals surface area contributed by atoms with E-state index < -0.39 is 0 Å². The summed E-state index contributed by atoms with van der Waals surface area (Å²) in [4.78, 5) is 1.19. The van der Waals surface area contributed by atoms with Crippen LogP contribution in [-0.2, 0) is 0 Å². The molecule has 0 aromatic carbocycles. The Labute approximate surface area is 143 Å². The number of hydrogen-bond donors (Lipinski definition) is 0. The Kier molecular flexibility index (Phi) is 7.14. The fraction of sp³-hybridized carbons (Fsp3) is 1.00. The van der Waals surface area contributed by atoms with Crippen LogP contribution >= 0.6 is 35.3 Å². The standard InChI is InChI=1S/C12H20S3Se3/c1-9(13-1)4-16-7-12(18-6-11-3-15-11)8-17-5-10-2-14-10/h9-12H,1-8H2. The molecule has 0 aromatic rings. The Morgan fingerprint density at radius 2 is 1.22 bits per heavy atom. The summed E-state index contributed by atoms with van der Waals surface area (Å²) >= 11 is 9.57. The van der Waals surface area contributed by atoms with Crippen molar-refractivity contribution in [2.75, 3.05) is 17.3 Å². The Morgan fingerprint density at radius 1 is 0.778 bits per heavy atom. The molecule has 3 atom stereocenters. The van der Waals surface area contributed by atoms with Crippen LogP contribution in [0.15, 0.2) is 0 Å². The molecular weight excluding hydrogens is 477 g/mol. The van der Waals surface area contributed by atoms with Crippen molar-refractivity contribution in [3.63, 3.8) is 0 Å². The molecule has 6 heteroatoms. The zero-order valence-electron chi connectivity index (χ0n) is 10.4. The first-order chi connectivity index (χ1) is 8.90. The third-order valence-electron chi connectivity index (χ3n) is 2.94. The molecule has 0 spiro atoms. The van der Waals surface area contributed by atoms with Crippen molar-refractivity contribution >= 4 is 80.2 Å². The van der Waals surface area contributed by atoms with Crippen LogP contribution < -0.4 is 0 Å². The molecule has 0 aliphatic carbocycles. The molecule has 3 rings (SSSR count). The van der Waals surface area contributed by atoms with Gasteiger partial charge < -0.3 is 0 Å². The molecule has 3 saturated heterocycles. The zero-order chi connectivity index (χ0) is 12.2. The fourth-order valence-corrected chi connectivity index (χ4v) is 17.2. The van der Waals surface area contributed by atoms with E-state index in [1.807, 2.05) is 0 Å². The van der Waals surface area contributed by atoms with Gasteiger partial charge in [0.2, 0.25) is 0 Å². The van der Waals surface area contributed by atoms with E-state index in [0.717, 1.165) is 60.6 Å². The van der Waals surface area contributed by atoms with Gasteiger partial charge in [0.25, 0.3) is 0 Å². The van der Waals surface area contributed by atoms with Gasteiger partial charge in [0.05, 0.1) is 0 Å². The normalized spacial score (nSPS) is 34.3.